The standard InChI is InChI=1S/C19H29N3O2S2.ClH/c23-18(21-7-1-10-22-11-8-20-9-12-22)15-24-17-5-3-16(4-6-17)19-25-13-2-14-26-19;/h3-6,19-20H,1-2,7-15H2,(H,21,23);1H. The minimum atomic E-state index is -0.0484. The number of amides is 1. The fourth-order valence-corrected chi connectivity index (χ4v) is 5.96. The van der Waals surface area contributed by atoms with Crippen LogP contribution >= 0.6 is 35.9 Å². The summed E-state index contributed by atoms with van der Waals surface area (Å²) >= 11 is 4.03. The van der Waals surface area contributed by atoms with Gasteiger partial charge >= 0.3 is 0 Å². The van der Waals surface area contributed by atoms with Crippen LogP contribution in [0.1, 0.15) is 23.0 Å². The molecule has 0 aromatic heterocycles. The SMILES string of the molecule is Cl.O=C(COc1ccc(C2SCCCS2)cc1)NCCCN1CCNCC1. The predicted octanol–water partition coefficient (Wildman–Crippen LogP) is 2.77. The molecular weight excluding hydrogens is 402 g/mol. The van der Waals surface area contributed by atoms with Crippen molar-refractivity contribution in [2.45, 2.75) is 17.4 Å². The van der Waals surface area contributed by atoms with Gasteiger partial charge in [-0.05, 0) is 48.6 Å². The molecule has 27 heavy (non-hydrogen) atoms. The lowest BCUT2D eigenvalue weighted by Gasteiger charge is -2.27. The summed E-state index contributed by atoms with van der Waals surface area (Å²) in [5, 5.41) is 6.29. The second-order valence-corrected chi connectivity index (χ2v) is 9.30. The summed E-state index contributed by atoms with van der Waals surface area (Å²) in [4.78, 5) is 14.3. The molecule has 0 unspecified atom stereocenters. The number of hydrogen-bond donors (Lipinski definition) is 2. The van der Waals surface area contributed by atoms with Crippen LogP contribution in [0.5, 0.6) is 5.75 Å². The molecule has 1 amide bonds. The Bertz CT molecular complexity index is 550. The molecule has 0 radical (unpaired) electrons. The van der Waals surface area contributed by atoms with E-state index in [1.54, 1.807) is 0 Å². The van der Waals surface area contributed by atoms with Crippen molar-refractivity contribution in [1.29, 1.82) is 0 Å². The van der Waals surface area contributed by atoms with Crippen LogP contribution in [0.2, 0.25) is 0 Å². The van der Waals surface area contributed by atoms with Gasteiger partial charge in [0.05, 0.1) is 4.58 Å². The van der Waals surface area contributed by atoms with Gasteiger partial charge in [-0.25, -0.2) is 0 Å². The molecule has 2 aliphatic rings. The highest BCUT2D eigenvalue weighted by molar-refractivity contribution is 8.16. The van der Waals surface area contributed by atoms with Crippen LogP contribution in [-0.4, -0.2) is 68.2 Å². The summed E-state index contributed by atoms with van der Waals surface area (Å²) in [5.74, 6) is 3.19. The maximum atomic E-state index is 11.9. The first-order valence-electron chi connectivity index (χ1n) is 9.47. The molecule has 2 aliphatic heterocycles. The van der Waals surface area contributed by atoms with Crippen molar-refractivity contribution in [3.63, 3.8) is 0 Å². The van der Waals surface area contributed by atoms with E-state index in [9.17, 15) is 4.79 Å². The highest BCUT2D eigenvalue weighted by atomic mass is 35.5. The number of ether oxygens (including phenoxy) is 1. The zero-order valence-corrected chi connectivity index (χ0v) is 18.1. The second kappa shape index (κ2) is 12.8. The Morgan fingerprint density at radius 2 is 1.89 bits per heavy atom. The first-order chi connectivity index (χ1) is 12.8. The normalized spacial score (nSPS) is 18.5. The van der Waals surface area contributed by atoms with Gasteiger partial charge in [-0.2, -0.15) is 0 Å². The van der Waals surface area contributed by atoms with Crippen molar-refractivity contribution in [1.82, 2.24) is 15.5 Å². The summed E-state index contributed by atoms with van der Waals surface area (Å²) < 4.78 is 6.15. The maximum Gasteiger partial charge on any atom is 0.257 e. The highest BCUT2D eigenvalue weighted by Gasteiger charge is 2.16. The van der Waals surface area contributed by atoms with Crippen LogP contribution < -0.4 is 15.4 Å². The second-order valence-electron chi connectivity index (χ2n) is 6.58. The third kappa shape index (κ3) is 8.11. The molecule has 152 valence electrons. The van der Waals surface area contributed by atoms with Crippen molar-refractivity contribution in [3.05, 3.63) is 29.8 Å². The zero-order chi connectivity index (χ0) is 18.0. The Hall–Kier alpha value is -0.600. The Morgan fingerprint density at radius 3 is 2.59 bits per heavy atom. The van der Waals surface area contributed by atoms with Crippen LogP contribution in [0.3, 0.4) is 0 Å². The summed E-state index contributed by atoms with van der Waals surface area (Å²) in [6.07, 6.45) is 2.29. The molecule has 0 bridgehead atoms. The summed E-state index contributed by atoms with van der Waals surface area (Å²) in [6, 6.07) is 8.19. The summed E-state index contributed by atoms with van der Waals surface area (Å²) in [7, 11) is 0. The number of carbonyl (C=O) groups excluding carboxylic acids is 1. The minimum Gasteiger partial charge on any atom is -0.484 e. The lowest BCUT2D eigenvalue weighted by molar-refractivity contribution is -0.123. The molecule has 2 heterocycles. The van der Waals surface area contributed by atoms with E-state index in [0.29, 0.717) is 11.1 Å². The molecule has 1 aromatic rings. The molecule has 8 heteroatoms. The largest absolute Gasteiger partial charge is 0.484 e. The molecular formula is C19H30ClN3O2S2. The lowest BCUT2D eigenvalue weighted by Crippen LogP contribution is -2.44. The van der Waals surface area contributed by atoms with E-state index in [1.807, 2.05) is 35.7 Å². The Morgan fingerprint density at radius 1 is 1.19 bits per heavy atom. The first kappa shape index (κ1) is 22.7. The Labute approximate surface area is 177 Å². The number of halogens is 1. The van der Waals surface area contributed by atoms with E-state index in [-0.39, 0.29) is 24.9 Å². The van der Waals surface area contributed by atoms with Crippen LogP contribution in [0.25, 0.3) is 0 Å². The molecule has 2 saturated heterocycles. The number of thioether (sulfide) groups is 2. The van der Waals surface area contributed by atoms with E-state index < -0.39 is 0 Å². The fraction of sp³-hybridized carbons (Fsp3) is 0.632. The average molecular weight is 432 g/mol. The molecule has 2 fully saturated rings. The van der Waals surface area contributed by atoms with Gasteiger partial charge in [-0.15, -0.1) is 35.9 Å². The predicted molar refractivity (Wildman–Crippen MR) is 118 cm³/mol. The number of piperazine rings is 1. The quantitative estimate of drug-likeness (QED) is 0.617. The highest BCUT2D eigenvalue weighted by Crippen LogP contribution is 2.43. The van der Waals surface area contributed by atoms with Crippen LogP contribution in [0, 0.1) is 0 Å². The van der Waals surface area contributed by atoms with E-state index in [1.165, 1.54) is 23.5 Å². The van der Waals surface area contributed by atoms with Gasteiger partial charge in [-0.3, -0.25) is 4.79 Å². The minimum absolute atomic E-state index is 0. The van der Waals surface area contributed by atoms with Gasteiger partial charge in [0.2, 0.25) is 0 Å². The number of carbonyl (C=O) groups is 1. The van der Waals surface area contributed by atoms with Crippen LogP contribution in [0.15, 0.2) is 24.3 Å². The van der Waals surface area contributed by atoms with Gasteiger partial charge in [0.25, 0.3) is 5.91 Å². The smallest absolute Gasteiger partial charge is 0.257 e. The number of hydrogen-bond acceptors (Lipinski definition) is 6. The third-order valence-corrected chi connectivity index (χ3v) is 7.55. The van der Waals surface area contributed by atoms with Gasteiger partial charge < -0.3 is 20.3 Å². The third-order valence-electron chi connectivity index (χ3n) is 4.53. The van der Waals surface area contributed by atoms with Crippen molar-refractivity contribution < 1.29 is 9.53 Å². The van der Waals surface area contributed by atoms with Gasteiger partial charge in [-0.1, -0.05) is 12.1 Å². The van der Waals surface area contributed by atoms with E-state index in [4.69, 9.17) is 4.74 Å². The number of benzene rings is 1. The van der Waals surface area contributed by atoms with Crippen molar-refractivity contribution in [2.24, 2.45) is 0 Å². The fourth-order valence-electron chi connectivity index (χ4n) is 3.07. The zero-order valence-electron chi connectivity index (χ0n) is 15.7. The summed E-state index contributed by atoms with van der Waals surface area (Å²) in [5.41, 5.74) is 1.34. The molecule has 5 nitrogen and oxygen atoms in total. The maximum absolute atomic E-state index is 11.9. The number of nitrogens with one attached hydrogen (secondary N) is 2. The first-order valence-corrected chi connectivity index (χ1v) is 11.6. The van der Waals surface area contributed by atoms with Gasteiger partial charge in [0.15, 0.2) is 6.61 Å². The number of nitrogens with zero attached hydrogens (tertiary/aromatic N) is 1. The average Bonchev–Trinajstić information content (AvgIpc) is 2.71. The number of rotatable bonds is 8. The summed E-state index contributed by atoms with van der Waals surface area (Å²) in [6.45, 7) is 6.17. The molecule has 2 N–H and O–H groups in total. The lowest BCUT2D eigenvalue weighted by atomic mass is 10.2. The van der Waals surface area contributed by atoms with E-state index in [0.717, 1.165) is 44.9 Å². The molecule has 0 aliphatic carbocycles. The van der Waals surface area contributed by atoms with E-state index in [2.05, 4.69) is 27.7 Å². The van der Waals surface area contributed by atoms with Crippen molar-refractivity contribution in [2.75, 3.05) is 57.4 Å². The Kier molecular flexibility index (Phi) is 10.7. The van der Waals surface area contributed by atoms with Crippen LogP contribution in [0.4, 0.5) is 0 Å². The molecule has 1 aromatic carbocycles. The topological polar surface area (TPSA) is 53.6 Å². The monoisotopic (exact) mass is 431 g/mol. The molecule has 3 rings (SSSR count). The molecule has 0 saturated carbocycles. The molecule has 0 spiro atoms. The van der Waals surface area contributed by atoms with Crippen molar-refractivity contribution in [3.8, 4) is 5.75 Å². The molecule has 0 atom stereocenters. The van der Waals surface area contributed by atoms with Gasteiger partial charge in [0.1, 0.15) is 5.75 Å². The van der Waals surface area contributed by atoms with Crippen molar-refractivity contribution >= 4 is 41.8 Å². The van der Waals surface area contributed by atoms with Gasteiger partial charge in [0, 0.05) is 32.7 Å². The Balaban J connectivity index is 0.00000261. The van der Waals surface area contributed by atoms with Crippen LogP contribution in [-0.2, 0) is 4.79 Å². The van der Waals surface area contributed by atoms with E-state index >= 15 is 0 Å².